The summed E-state index contributed by atoms with van der Waals surface area (Å²) >= 11 is 0. The van der Waals surface area contributed by atoms with Crippen molar-refractivity contribution in [3.63, 3.8) is 0 Å². The highest BCUT2D eigenvalue weighted by molar-refractivity contribution is 7.85. The molecule has 2 heterocycles. The number of piperazine rings is 1. The largest absolute Gasteiger partial charge is 0.444 e. The number of ether oxygens (including phenoxy) is 1. The quantitative estimate of drug-likeness (QED) is 0.615. The fourth-order valence-corrected chi connectivity index (χ4v) is 3.89. The molecule has 0 spiro atoms. The summed E-state index contributed by atoms with van der Waals surface area (Å²) in [6.45, 7) is 12.8. The van der Waals surface area contributed by atoms with Gasteiger partial charge in [-0.1, -0.05) is 0 Å². The first-order valence-corrected chi connectivity index (χ1v) is 11.6. The van der Waals surface area contributed by atoms with Crippen LogP contribution in [0.15, 0.2) is 0 Å². The molecular weight excluding hydrogens is 370 g/mol. The first-order chi connectivity index (χ1) is 12.5. The molecule has 0 aliphatic carbocycles. The van der Waals surface area contributed by atoms with E-state index >= 15 is 0 Å². The minimum Gasteiger partial charge on any atom is -0.444 e. The summed E-state index contributed by atoms with van der Waals surface area (Å²) in [5.41, 5.74) is -0.450. The zero-order chi connectivity index (χ0) is 20.1. The Morgan fingerprint density at radius 1 is 1.00 bits per heavy atom. The molecule has 2 rings (SSSR count). The van der Waals surface area contributed by atoms with E-state index in [4.69, 9.17) is 8.92 Å². The van der Waals surface area contributed by atoms with Crippen LogP contribution in [0.4, 0.5) is 4.79 Å². The standard InChI is InChI=1S/C18H35N3O5S/c1-18(2,3)26-17(22)21-11-9-20(10-12-21)15-16-5-7-19(8-6-16)13-14-25-27(4,23)24/h16H,5-15H2,1-4H3. The van der Waals surface area contributed by atoms with Crippen LogP contribution in [-0.4, -0.2) is 100 Å². The van der Waals surface area contributed by atoms with E-state index in [1.807, 2.05) is 20.8 Å². The second-order valence-corrected chi connectivity index (χ2v) is 10.2. The Bertz CT molecular complexity index is 574. The van der Waals surface area contributed by atoms with E-state index in [0.29, 0.717) is 12.5 Å². The van der Waals surface area contributed by atoms with E-state index in [2.05, 4.69) is 9.80 Å². The topological polar surface area (TPSA) is 79.4 Å². The van der Waals surface area contributed by atoms with Crippen molar-refractivity contribution in [2.24, 2.45) is 5.92 Å². The summed E-state index contributed by atoms with van der Waals surface area (Å²) < 4.78 is 32.3. The van der Waals surface area contributed by atoms with E-state index in [1.54, 1.807) is 4.90 Å². The number of amides is 1. The molecule has 0 aromatic rings. The van der Waals surface area contributed by atoms with Crippen molar-refractivity contribution < 1.29 is 22.1 Å². The van der Waals surface area contributed by atoms with Crippen molar-refractivity contribution in [1.29, 1.82) is 0 Å². The van der Waals surface area contributed by atoms with Gasteiger partial charge in [0.05, 0.1) is 12.9 Å². The Morgan fingerprint density at radius 3 is 2.11 bits per heavy atom. The van der Waals surface area contributed by atoms with Crippen molar-refractivity contribution in [3.8, 4) is 0 Å². The van der Waals surface area contributed by atoms with Gasteiger partial charge in [-0.25, -0.2) is 4.79 Å². The molecule has 2 saturated heterocycles. The first-order valence-electron chi connectivity index (χ1n) is 9.79. The maximum atomic E-state index is 12.1. The van der Waals surface area contributed by atoms with Crippen molar-refractivity contribution in [2.45, 2.75) is 39.2 Å². The molecule has 27 heavy (non-hydrogen) atoms. The Balaban J connectivity index is 1.62. The molecule has 2 aliphatic heterocycles. The van der Waals surface area contributed by atoms with Crippen LogP contribution >= 0.6 is 0 Å². The van der Waals surface area contributed by atoms with Gasteiger partial charge >= 0.3 is 6.09 Å². The van der Waals surface area contributed by atoms with E-state index in [-0.39, 0.29) is 12.7 Å². The Hall–Kier alpha value is -0.900. The van der Waals surface area contributed by atoms with Crippen molar-refractivity contribution in [3.05, 3.63) is 0 Å². The van der Waals surface area contributed by atoms with Crippen LogP contribution in [0.25, 0.3) is 0 Å². The smallest absolute Gasteiger partial charge is 0.410 e. The molecule has 0 aromatic heterocycles. The van der Waals surface area contributed by atoms with Crippen LogP contribution in [0.2, 0.25) is 0 Å². The van der Waals surface area contributed by atoms with Gasteiger partial charge in [-0.2, -0.15) is 8.42 Å². The van der Waals surface area contributed by atoms with E-state index in [9.17, 15) is 13.2 Å². The predicted molar refractivity (Wildman–Crippen MR) is 104 cm³/mol. The van der Waals surface area contributed by atoms with Gasteiger partial charge in [0.2, 0.25) is 0 Å². The molecule has 2 aliphatic rings. The van der Waals surface area contributed by atoms with Gasteiger partial charge in [-0.3, -0.25) is 9.08 Å². The molecule has 0 saturated carbocycles. The van der Waals surface area contributed by atoms with Crippen LogP contribution in [-0.2, 0) is 19.0 Å². The highest BCUT2D eigenvalue weighted by atomic mass is 32.2. The molecular formula is C18H35N3O5S. The molecule has 0 N–H and O–H groups in total. The normalized spacial score (nSPS) is 21.4. The monoisotopic (exact) mass is 405 g/mol. The molecule has 9 heteroatoms. The lowest BCUT2D eigenvalue weighted by Gasteiger charge is -2.39. The van der Waals surface area contributed by atoms with Crippen LogP contribution in [0.1, 0.15) is 33.6 Å². The van der Waals surface area contributed by atoms with Crippen molar-refractivity contribution >= 4 is 16.2 Å². The Labute approximate surface area is 163 Å². The molecule has 0 radical (unpaired) electrons. The number of nitrogens with zero attached hydrogens (tertiary/aromatic N) is 3. The van der Waals surface area contributed by atoms with E-state index < -0.39 is 15.7 Å². The van der Waals surface area contributed by atoms with Gasteiger partial charge < -0.3 is 14.5 Å². The van der Waals surface area contributed by atoms with Gasteiger partial charge in [0.15, 0.2) is 0 Å². The van der Waals surface area contributed by atoms with Gasteiger partial charge in [0, 0.05) is 39.3 Å². The fraction of sp³-hybridized carbons (Fsp3) is 0.944. The van der Waals surface area contributed by atoms with Crippen LogP contribution in [0.3, 0.4) is 0 Å². The van der Waals surface area contributed by atoms with E-state index in [1.165, 1.54) is 0 Å². The number of hydrogen-bond acceptors (Lipinski definition) is 7. The lowest BCUT2D eigenvalue weighted by Crippen LogP contribution is -2.51. The molecule has 0 aromatic carbocycles. The third-order valence-electron chi connectivity index (χ3n) is 4.95. The van der Waals surface area contributed by atoms with Gasteiger partial charge in [-0.05, 0) is 52.6 Å². The number of rotatable bonds is 6. The summed E-state index contributed by atoms with van der Waals surface area (Å²) in [4.78, 5) is 18.6. The molecule has 8 nitrogen and oxygen atoms in total. The van der Waals surface area contributed by atoms with Crippen molar-refractivity contribution in [2.75, 3.05) is 65.2 Å². The van der Waals surface area contributed by atoms with Crippen LogP contribution in [0.5, 0.6) is 0 Å². The number of likely N-dealkylation sites (tertiary alicyclic amines) is 1. The molecule has 158 valence electrons. The summed E-state index contributed by atoms with van der Waals surface area (Å²) in [5.74, 6) is 0.658. The zero-order valence-electron chi connectivity index (χ0n) is 17.1. The number of carbonyl (C=O) groups excluding carboxylic acids is 1. The average Bonchev–Trinajstić information content (AvgIpc) is 2.54. The highest BCUT2D eigenvalue weighted by Gasteiger charge is 2.28. The number of piperidine rings is 1. The SMILES string of the molecule is CC(C)(C)OC(=O)N1CCN(CC2CCN(CCOS(C)(=O)=O)CC2)CC1. The third-order valence-corrected chi connectivity index (χ3v) is 5.55. The fourth-order valence-electron chi connectivity index (χ4n) is 3.52. The average molecular weight is 406 g/mol. The number of carbonyl (C=O) groups is 1. The molecule has 0 atom stereocenters. The molecule has 0 bridgehead atoms. The molecule has 1 amide bonds. The lowest BCUT2D eigenvalue weighted by atomic mass is 9.96. The molecule has 2 fully saturated rings. The maximum Gasteiger partial charge on any atom is 0.410 e. The third kappa shape index (κ3) is 8.76. The minimum absolute atomic E-state index is 0.216. The van der Waals surface area contributed by atoms with Gasteiger partial charge in [0.25, 0.3) is 10.1 Å². The number of hydrogen-bond donors (Lipinski definition) is 0. The highest BCUT2D eigenvalue weighted by Crippen LogP contribution is 2.19. The first kappa shape index (κ1) is 22.4. The Kier molecular flexibility index (Phi) is 7.91. The van der Waals surface area contributed by atoms with Crippen LogP contribution < -0.4 is 0 Å². The summed E-state index contributed by atoms with van der Waals surface area (Å²) in [7, 11) is -3.35. The second-order valence-electron chi connectivity index (χ2n) is 8.58. The van der Waals surface area contributed by atoms with Gasteiger partial charge in [0.1, 0.15) is 5.60 Å². The van der Waals surface area contributed by atoms with Crippen LogP contribution in [0, 0.1) is 5.92 Å². The lowest BCUT2D eigenvalue weighted by molar-refractivity contribution is 0.0121. The van der Waals surface area contributed by atoms with Crippen molar-refractivity contribution in [1.82, 2.24) is 14.7 Å². The summed E-state index contributed by atoms with van der Waals surface area (Å²) in [6.07, 6.45) is 3.10. The predicted octanol–water partition coefficient (Wildman–Crippen LogP) is 1.23. The van der Waals surface area contributed by atoms with E-state index in [0.717, 1.165) is 64.9 Å². The summed E-state index contributed by atoms with van der Waals surface area (Å²) in [5, 5.41) is 0. The maximum absolute atomic E-state index is 12.1. The molecule has 0 unspecified atom stereocenters. The van der Waals surface area contributed by atoms with Gasteiger partial charge in [-0.15, -0.1) is 0 Å². The summed E-state index contributed by atoms with van der Waals surface area (Å²) in [6, 6.07) is 0. The second kappa shape index (κ2) is 9.54. The zero-order valence-corrected chi connectivity index (χ0v) is 18.0. The Morgan fingerprint density at radius 2 is 1.59 bits per heavy atom. The minimum atomic E-state index is -3.35.